The largest absolute Gasteiger partial charge is 0.368 e. The molecule has 1 fully saturated rings. The molecule has 1 aliphatic rings. The molecule has 0 amide bonds. The van der Waals surface area contributed by atoms with E-state index in [0.717, 1.165) is 24.1 Å². The minimum absolute atomic E-state index is 0.561. The van der Waals surface area contributed by atoms with Crippen LogP contribution in [0.1, 0.15) is 12.5 Å². The minimum atomic E-state index is 0.561. The van der Waals surface area contributed by atoms with Crippen LogP contribution in [-0.2, 0) is 0 Å². The van der Waals surface area contributed by atoms with E-state index in [-0.39, 0.29) is 0 Å². The summed E-state index contributed by atoms with van der Waals surface area (Å²) < 4.78 is 1.01. The van der Waals surface area contributed by atoms with E-state index in [9.17, 15) is 0 Å². The molecule has 17 heavy (non-hydrogen) atoms. The van der Waals surface area contributed by atoms with Gasteiger partial charge in [0.05, 0.1) is 17.3 Å². The molecule has 4 heteroatoms. The third-order valence-electron chi connectivity index (χ3n) is 3.38. The summed E-state index contributed by atoms with van der Waals surface area (Å²) in [6, 6.07) is 8.51. The lowest BCUT2D eigenvalue weighted by Gasteiger charge is -2.39. The molecule has 0 bridgehead atoms. The van der Waals surface area contributed by atoms with Crippen LogP contribution in [-0.4, -0.2) is 37.6 Å². The van der Waals surface area contributed by atoms with Gasteiger partial charge < -0.3 is 9.80 Å². The number of piperazine rings is 1. The van der Waals surface area contributed by atoms with E-state index in [1.807, 2.05) is 18.2 Å². The number of anilines is 1. The van der Waals surface area contributed by atoms with Gasteiger partial charge >= 0.3 is 0 Å². The van der Waals surface area contributed by atoms with E-state index in [4.69, 9.17) is 5.26 Å². The zero-order valence-electron chi connectivity index (χ0n) is 10.2. The molecule has 0 aliphatic carbocycles. The minimum Gasteiger partial charge on any atom is -0.368 e. The van der Waals surface area contributed by atoms with Crippen molar-refractivity contribution in [2.24, 2.45) is 0 Å². The van der Waals surface area contributed by atoms with Gasteiger partial charge in [-0.1, -0.05) is 0 Å². The number of nitriles is 1. The average Bonchev–Trinajstić information content (AvgIpc) is 2.32. The molecule has 3 nitrogen and oxygen atoms in total. The highest BCUT2D eigenvalue weighted by molar-refractivity contribution is 9.10. The Hall–Kier alpha value is -1.05. The Morgan fingerprint density at radius 3 is 2.76 bits per heavy atom. The summed E-state index contributed by atoms with van der Waals surface area (Å²) >= 11 is 3.55. The molecule has 2 rings (SSSR count). The molecule has 1 unspecified atom stereocenters. The van der Waals surface area contributed by atoms with Crippen LogP contribution < -0.4 is 4.90 Å². The summed E-state index contributed by atoms with van der Waals surface area (Å²) in [7, 11) is 2.16. The number of likely N-dealkylation sites (N-methyl/N-ethyl adjacent to an activating group) is 1. The predicted octanol–water partition coefficient (Wildman–Crippen LogP) is 2.46. The molecule has 0 radical (unpaired) electrons. The van der Waals surface area contributed by atoms with Crippen molar-refractivity contribution in [3.63, 3.8) is 0 Å². The molecule has 1 heterocycles. The van der Waals surface area contributed by atoms with Crippen molar-refractivity contribution < 1.29 is 0 Å². The first-order valence-electron chi connectivity index (χ1n) is 5.76. The number of halogens is 1. The number of rotatable bonds is 1. The normalized spacial score (nSPS) is 21.3. The highest BCUT2D eigenvalue weighted by Crippen LogP contribution is 2.28. The predicted molar refractivity (Wildman–Crippen MR) is 73.2 cm³/mol. The van der Waals surface area contributed by atoms with E-state index < -0.39 is 0 Å². The molecule has 90 valence electrons. The van der Waals surface area contributed by atoms with E-state index >= 15 is 0 Å². The third kappa shape index (κ3) is 2.62. The first-order chi connectivity index (χ1) is 8.11. The van der Waals surface area contributed by atoms with Gasteiger partial charge in [0.25, 0.3) is 0 Å². The van der Waals surface area contributed by atoms with Gasteiger partial charge in [-0.25, -0.2) is 0 Å². The van der Waals surface area contributed by atoms with Crippen molar-refractivity contribution in [2.75, 3.05) is 31.6 Å². The molecule has 1 aromatic carbocycles. The highest BCUT2D eigenvalue weighted by atomic mass is 79.9. The maximum absolute atomic E-state index is 8.85. The van der Waals surface area contributed by atoms with Crippen LogP contribution in [0.15, 0.2) is 22.7 Å². The van der Waals surface area contributed by atoms with Crippen molar-refractivity contribution >= 4 is 21.6 Å². The average molecular weight is 294 g/mol. The lowest BCUT2D eigenvalue weighted by Crippen LogP contribution is -2.50. The Bertz CT molecular complexity index is 452. The first kappa shape index (κ1) is 12.4. The maximum Gasteiger partial charge on any atom is 0.0992 e. The first-order valence-corrected chi connectivity index (χ1v) is 6.56. The Balaban J connectivity index is 2.21. The summed E-state index contributed by atoms with van der Waals surface area (Å²) in [6.07, 6.45) is 0. The van der Waals surface area contributed by atoms with Gasteiger partial charge in [0.2, 0.25) is 0 Å². The molecular formula is C13H16BrN3. The van der Waals surface area contributed by atoms with Crippen molar-refractivity contribution in [3.8, 4) is 6.07 Å². The molecule has 0 N–H and O–H groups in total. The smallest absolute Gasteiger partial charge is 0.0992 e. The fourth-order valence-electron chi connectivity index (χ4n) is 2.10. The topological polar surface area (TPSA) is 30.3 Å². The van der Waals surface area contributed by atoms with E-state index in [0.29, 0.717) is 11.6 Å². The number of hydrogen-bond acceptors (Lipinski definition) is 3. The zero-order valence-corrected chi connectivity index (χ0v) is 11.7. The molecule has 1 saturated heterocycles. The van der Waals surface area contributed by atoms with Gasteiger partial charge in [-0.05, 0) is 48.1 Å². The van der Waals surface area contributed by atoms with Crippen LogP contribution in [0.2, 0.25) is 0 Å². The van der Waals surface area contributed by atoms with Crippen molar-refractivity contribution in [2.45, 2.75) is 13.0 Å². The lowest BCUT2D eigenvalue weighted by molar-refractivity contribution is 0.234. The lowest BCUT2D eigenvalue weighted by atomic mass is 10.1. The van der Waals surface area contributed by atoms with Crippen LogP contribution >= 0.6 is 15.9 Å². The van der Waals surface area contributed by atoms with Crippen LogP contribution in [0.3, 0.4) is 0 Å². The second-order valence-electron chi connectivity index (χ2n) is 4.55. The monoisotopic (exact) mass is 293 g/mol. The molecular weight excluding hydrogens is 278 g/mol. The summed E-state index contributed by atoms with van der Waals surface area (Å²) in [4.78, 5) is 4.74. The Morgan fingerprint density at radius 2 is 2.18 bits per heavy atom. The van der Waals surface area contributed by atoms with E-state index in [2.05, 4.69) is 45.8 Å². The van der Waals surface area contributed by atoms with Crippen LogP contribution in [0.4, 0.5) is 5.69 Å². The molecule has 1 aliphatic heterocycles. The summed E-state index contributed by atoms with van der Waals surface area (Å²) in [5.74, 6) is 0. The van der Waals surface area contributed by atoms with Gasteiger partial charge in [-0.3, -0.25) is 0 Å². The molecule has 1 aromatic rings. The maximum atomic E-state index is 8.85. The number of nitrogens with zero attached hydrogens (tertiary/aromatic N) is 3. The number of hydrogen-bond donors (Lipinski definition) is 0. The Kier molecular flexibility index (Phi) is 3.70. The van der Waals surface area contributed by atoms with Gasteiger partial charge in [-0.15, -0.1) is 0 Å². The SMILES string of the molecule is CC1CN(c2ccc(C#N)cc2Br)CCN1C. The van der Waals surface area contributed by atoms with Crippen LogP contribution in [0.25, 0.3) is 0 Å². The Morgan fingerprint density at radius 1 is 1.41 bits per heavy atom. The molecule has 0 aromatic heterocycles. The van der Waals surface area contributed by atoms with Crippen LogP contribution in [0, 0.1) is 11.3 Å². The fraction of sp³-hybridized carbons (Fsp3) is 0.462. The van der Waals surface area contributed by atoms with E-state index in [1.165, 1.54) is 5.69 Å². The van der Waals surface area contributed by atoms with Crippen molar-refractivity contribution in [1.82, 2.24) is 4.90 Å². The van der Waals surface area contributed by atoms with Gasteiger partial charge in [0.15, 0.2) is 0 Å². The van der Waals surface area contributed by atoms with Crippen molar-refractivity contribution in [1.29, 1.82) is 5.26 Å². The van der Waals surface area contributed by atoms with Gasteiger partial charge in [0.1, 0.15) is 0 Å². The van der Waals surface area contributed by atoms with E-state index in [1.54, 1.807) is 0 Å². The van der Waals surface area contributed by atoms with Gasteiger partial charge in [0, 0.05) is 30.1 Å². The van der Waals surface area contributed by atoms with Crippen molar-refractivity contribution in [3.05, 3.63) is 28.2 Å². The Labute approximate surface area is 111 Å². The van der Waals surface area contributed by atoms with Gasteiger partial charge in [-0.2, -0.15) is 5.26 Å². The second-order valence-corrected chi connectivity index (χ2v) is 5.41. The molecule has 1 atom stereocenters. The standard InChI is InChI=1S/C13H16BrN3/c1-10-9-17(6-5-16(10)2)13-4-3-11(8-15)7-12(13)14/h3-4,7,10H,5-6,9H2,1-2H3. The zero-order chi connectivity index (χ0) is 12.4. The van der Waals surface area contributed by atoms with Crippen LogP contribution in [0.5, 0.6) is 0 Å². The number of benzene rings is 1. The quantitative estimate of drug-likeness (QED) is 0.797. The summed E-state index contributed by atoms with van der Waals surface area (Å²) in [6.45, 7) is 5.38. The summed E-state index contributed by atoms with van der Waals surface area (Å²) in [5.41, 5.74) is 1.88. The summed E-state index contributed by atoms with van der Waals surface area (Å²) in [5, 5.41) is 8.85. The highest BCUT2D eigenvalue weighted by Gasteiger charge is 2.21. The third-order valence-corrected chi connectivity index (χ3v) is 4.01. The molecule has 0 spiro atoms. The fourth-order valence-corrected chi connectivity index (χ4v) is 2.73. The second kappa shape index (κ2) is 5.07. The molecule has 0 saturated carbocycles.